The highest BCUT2D eigenvalue weighted by molar-refractivity contribution is 8.00. The molecule has 34 heavy (non-hydrogen) atoms. The maximum absolute atomic E-state index is 12.8. The summed E-state index contributed by atoms with van der Waals surface area (Å²) >= 11 is 1.35. The smallest absolute Gasteiger partial charge is 0.243 e. The van der Waals surface area contributed by atoms with Gasteiger partial charge in [-0.2, -0.15) is 4.31 Å². The van der Waals surface area contributed by atoms with Crippen LogP contribution in [0.1, 0.15) is 38.1 Å². The predicted octanol–water partition coefficient (Wildman–Crippen LogP) is 3.79. The second kappa shape index (κ2) is 10.7. The second-order valence-electron chi connectivity index (χ2n) is 8.19. The minimum absolute atomic E-state index is 0.185. The molecule has 180 valence electrons. The van der Waals surface area contributed by atoms with E-state index in [1.165, 1.54) is 16.1 Å². The lowest BCUT2D eigenvalue weighted by Crippen LogP contribution is -2.27. The number of rotatable bonds is 9. The largest absolute Gasteiger partial charge is 0.325 e. The number of anilines is 1. The van der Waals surface area contributed by atoms with Gasteiger partial charge in [0.2, 0.25) is 15.9 Å². The summed E-state index contributed by atoms with van der Waals surface area (Å²) in [5, 5.41) is 11.8. The van der Waals surface area contributed by atoms with Crippen LogP contribution in [0.4, 0.5) is 5.69 Å². The number of amides is 1. The van der Waals surface area contributed by atoms with Gasteiger partial charge in [-0.25, -0.2) is 8.42 Å². The third-order valence-electron chi connectivity index (χ3n) is 5.79. The van der Waals surface area contributed by atoms with Crippen LogP contribution < -0.4 is 5.32 Å². The fraction of sp³-hybridized carbons (Fsp3) is 0.375. The first-order chi connectivity index (χ1) is 16.4. The zero-order valence-corrected chi connectivity index (χ0v) is 21.0. The molecule has 1 fully saturated rings. The third kappa shape index (κ3) is 5.51. The highest BCUT2D eigenvalue weighted by Crippen LogP contribution is 2.26. The van der Waals surface area contributed by atoms with Gasteiger partial charge in [-0.15, -0.1) is 10.2 Å². The summed E-state index contributed by atoms with van der Waals surface area (Å²) in [6.45, 7) is 5.68. The maximum atomic E-state index is 12.8. The van der Waals surface area contributed by atoms with Crippen molar-refractivity contribution in [1.82, 2.24) is 19.1 Å². The van der Waals surface area contributed by atoms with Crippen LogP contribution in [-0.2, 0) is 27.8 Å². The number of nitrogens with one attached hydrogen (secondary N) is 1. The van der Waals surface area contributed by atoms with Crippen LogP contribution in [0.15, 0.2) is 64.6 Å². The number of thioether (sulfide) groups is 1. The minimum atomic E-state index is -3.47. The fourth-order valence-corrected chi connectivity index (χ4v) is 6.33. The zero-order valence-electron chi connectivity index (χ0n) is 19.3. The van der Waals surface area contributed by atoms with Crippen molar-refractivity contribution < 1.29 is 13.2 Å². The van der Waals surface area contributed by atoms with Crippen LogP contribution in [0.2, 0.25) is 0 Å². The van der Waals surface area contributed by atoms with E-state index in [1.807, 2.05) is 36.6 Å². The van der Waals surface area contributed by atoms with Gasteiger partial charge in [0.1, 0.15) is 5.82 Å². The van der Waals surface area contributed by atoms with Crippen molar-refractivity contribution in [2.75, 3.05) is 18.4 Å². The first kappa shape index (κ1) is 24.4. The number of carbonyl (C=O) groups excluding carboxylic acids is 1. The van der Waals surface area contributed by atoms with Crippen molar-refractivity contribution in [1.29, 1.82) is 0 Å². The summed E-state index contributed by atoms with van der Waals surface area (Å²) in [5.41, 5.74) is 1.71. The van der Waals surface area contributed by atoms with Crippen LogP contribution in [0.3, 0.4) is 0 Å². The second-order valence-corrected chi connectivity index (χ2v) is 11.4. The monoisotopic (exact) mass is 499 g/mol. The Labute approximate surface area is 204 Å². The molecule has 1 aliphatic rings. The molecule has 4 rings (SSSR count). The molecule has 1 atom stereocenters. The molecular weight excluding hydrogens is 470 g/mol. The van der Waals surface area contributed by atoms with Crippen molar-refractivity contribution in [3.05, 3.63) is 66.0 Å². The lowest BCUT2D eigenvalue weighted by molar-refractivity contribution is -0.115. The van der Waals surface area contributed by atoms with E-state index in [0.29, 0.717) is 36.9 Å². The van der Waals surface area contributed by atoms with Crippen molar-refractivity contribution in [2.45, 2.75) is 55.0 Å². The SMILES string of the molecule is CCn1c(Cc2ccccc2)nnc1S[C@H](C)C(=O)Nc1ccc(S(=O)(=O)N2CCCC2)cc1. The standard InChI is InChI=1S/C24H29N5O3S2/c1-3-29-22(17-19-9-5-4-6-10-19)26-27-24(29)33-18(2)23(30)25-20-11-13-21(14-12-20)34(31,32)28-15-7-8-16-28/h4-6,9-14,18H,3,7-8,15-17H2,1-2H3,(H,25,30)/t18-/m1/s1. The van der Waals surface area contributed by atoms with E-state index in [4.69, 9.17) is 0 Å². The fourth-order valence-electron chi connectivity index (χ4n) is 3.88. The number of aromatic nitrogens is 3. The molecule has 10 heteroatoms. The van der Waals surface area contributed by atoms with Crippen molar-refractivity contribution in [3.8, 4) is 0 Å². The molecule has 3 aromatic rings. The Bertz CT molecular complexity index is 1220. The molecule has 2 aromatic carbocycles. The Balaban J connectivity index is 1.38. The van der Waals surface area contributed by atoms with E-state index in [-0.39, 0.29) is 10.8 Å². The van der Waals surface area contributed by atoms with Gasteiger partial charge in [-0.1, -0.05) is 42.1 Å². The zero-order chi connectivity index (χ0) is 24.1. The molecule has 1 saturated heterocycles. The van der Waals surface area contributed by atoms with E-state index in [1.54, 1.807) is 24.3 Å². The first-order valence-electron chi connectivity index (χ1n) is 11.4. The van der Waals surface area contributed by atoms with Crippen LogP contribution in [-0.4, -0.2) is 51.7 Å². The Kier molecular flexibility index (Phi) is 7.70. The van der Waals surface area contributed by atoms with E-state index < -0.39 is 15.3 Å². The van der Waals surface area contributed by atoms with Crippen LogP contribution in [0.25, 0.3) is 0 Å². The van der Waals surface area contributed by atoms with Gasteiger partial charge in [0.05, 0.1) is 10.1 Å². The molecule has 1 aliphatic heterocycles. The number of sulfonamides is 1. The van der Waals surface area contributed by atoms with Gasteiger partial charge >= 0.3 is 0 Å². The van der Waals surface area contributed by atoms with Crippen molar-refractivity contribution in [3.63, 3.8) is 0 Å². The third-order valence-corrected chi connectivity index (χ3v) is 8.78. The number of benzene rings is 2. The normalized spacial score (nSPS) is 15.4. The van der Waals surface area contributed by atoms with Gasteiger partial charge in [-0.3, -0.25) is 4.79 Å². The average Bonchev–Trinajstić information content (AvgIpc) is 3.51. The molecule has 0 spiro atoms. The molecule has 0 radical (unpaired) electrons. The quantitative estimate of drug-likeness (QED) is 0.450. The summed E-state index contributed by atoms with van der Waals surface area (Å²) in [5.74, 6) is 0.675. The van der Waals surface area contributed by atoms with Crippen LogP contribution in [0, 0.1) is 0 Å². The van der Waals surface area contributed by atoms with Crippen molar-refractivity contribution >= 4 is 33.4 Å². The minimum Gasteiger partial charge on any atom is -0.325 e. The van der Waals surface area contributed by atoms with E-state index in [9.17, 15) is 13.2 Å². The lowest BCUT2D eigenvalue weighted by atomic mass is 10.1. The average molecular weight is 500 g/mol. The van der Waals surface area contributed by atoms with E-state index >= 15 is 0 Å². The number of carbonyl (C=O) groups is 1. The summed E-state index contributed by atoms with van der Waals surface area (Å²) < 4.78 is 28.9. The lowest BCUT2D eigenvalue weighted by Gasteiger charge is -2.16. The predicted molar refractivity (Wildman–Crippen MR) is 133 cm³/mol. The van der Waals surface area contributed by atoms with Gasteiger partial charge in [-0.05, 0) is 56.5 Å². The Morgan fingerprint density at radius 3 is 2.38 bits per heavy atom. The van der Waals surface area contributed by atoms with Gasteiger partial charge in [0.25, 0.3) is 0 Å². The Morgan fingerprint density at radius 1 is 1.06 bits per heavy atom. The molecule has 8 nitrogen and oxygen atoms in total. The highest BCUT2D eigenvalue weighted by atomic mass is 32.2. The van der Waals surface area contributed by atoms with Crippen LogP contribution in [0.5, 0.6) is 0 Å². The topological polar surface area (TPSA) is 97.2 Å². The molecule has 0 unspecified atom stereocenters. The molecule has 0 bridgehead atoms. The Hall–Kier alpha value is -2.69. The Morgan fingerprint density at radius 2 is 1.74 bits per heavy atom. The van der Waals surface area contributed by atoms with E-state index in [2.05, 4.69) is 27.6 Å². The number of nitrogens with zero attached hydrogens (tertiary/aromatic N) is 4. The molecule has 1 aromatic heterocycles. The van der Waals surface area contributed by atoms with Gasteiger partial charge < -0.3 is 9.88 Å². The van der Waals surface area contributed by atoms with Crippen LogP contribution >= 0.6 is 11.8 Å². The first-order valence-corrected chi connectivity index (χ1v) is 13.7. The molecule has 0 saturated carbocycles. The van der Waals surface area contributed by atoms with Gasteiger partial charge in [0, 0.05) is 31.7 Å². The summed E-state index contributed by atoms with van der Waals surface area (Å²) in [6.07, 6.45) is 2.46. The molecule has 0 aliphatic carbocycles. The molecule has 2 heterocycles. The molecule has 1 N–H and O–H groups in total. The summed E-state index contributed by atoms with van der Waals surface area (Å²) in [4.78, 5) is 13.0. The van der Waals surface area contributed by atoms with Gasteiger partial charge in [0.15, 0.2) is 5.16 Å². The summed E-state index contributed by atoms with van der Waals surface area (Å²) in [6, 6.07) is 16.4. The maximum Gasteiger partial charge on any atom is 0.243 e. The number of hydrogen-bond donors (Lipinski definition) is 1. The molecule has 1 amide bonds. The van der Waals surface area contributed by atoms with E-state index in [0.717, 1.165) is 24.2 Å². The summed E-state index contributed by atoms with van der Waals surface area (Å²) in [7, 11) is -3.47. The molecular formula is C24H29N5O3S2. The number of hydrogen-bond acceptors (Lipinski definition) is 6. The highest BCUT2D eigenvalue weighted by Gasteiger charge is 2.27. The van der Waals surface area contributed by atoms with Crippen molar-refractivity contribution in [2.24, 2.45) is 0 Å².